The number of methoxy groups -OCH3 is 1. The van der Waals surface area contributed by atoms with E-state index in [1.165, 1.54) is 7.11 Å². The molecule has 2 unspecified atom stereocenters. The summed E-state index contributed by atoms with van der Waals surface area (Å²) in [6, 6.07) is 4.77. The molecular weight excluding hydrogens is 221 g/mol. The molecule has 2 atom stereocenters. The molecule has 0 amide bonds. The van der Waals surface area contributed by atoms with Crippen molar-refractivity contribution in [2.24, 2.45) is 5.73 Å². The zero-order chi connectivity index (χ0) is 12.5. The molecular formula is C13H18FNO2. The van der Waals surface area contributed by atoms with Gasteiger partial charge in [0.05, 0.1) is 12.7 Å². The van der Waals surface area contributed by atoms with Gasteiger partial charge in [-0.15, -0.1) is 0 Å². The molecule has 0 spiro atoms. The van der Waals surface area contributed by atoms with Crippen molar-refractivity contribution in [1.82, 2.24) is 0 Å². The van der Waals surface area contributed by atoms with Crippen LogP contribution in [0.25, 0.3) is 0 Å². The molecule has 0 aromatic heterocycles. The fraction of sp³-hybridized carbons (Fsp3) is 0.538. The molecule has 0 radical (unpaired) electrons. The Labute approximate surface area is 100 Å². The summed E-state index contributed by atoms with van der Waals surface area (Å²) in [6.07, 6.45) is 2.64. The number of hydrogen-bond acceptors (Lipinski definition) is 3. The molecule has 3 nitrogen and oxygen atoms in total. The molecule has 0 saturated heterocycles. The first-order valence-electron chi connectivity index (χ1n) is 5.88. The van der Waals surface area contributed by atoms with Gasteiger partial charge >= 0.3 is 0 Å². The number of nitrogens with two attached hydrogens (primary N) is 1. The Hall–Kier alpha value is -1.13. The van der Waals surface area contributed by atoms with Crippen LogP contribution in [0, 0.1) is 5.82 Å². The molecule has 4 heteroatoms. The Balaban J connectivity index is 2.38. The normalized spacial score (nSPS) is 29.1. The van der Waals surface area contributed by atoms with Crippen LogP contribution in [0.5, 0.6) is 5.75 Å². The van der Waals surface area contributed by atoms with Crippen molar-refractivity contribution in [3.05, 3.63) is 29.6 Å². The van der Waals surface area contributed by atoms with Crippen molar-refractivity contribution in [1.29, 1.82) is 0 Å². The maximum Gasteiger partial charge on any atom is 0.171 e. The maximum atomic E-state index is 14.1. The van der Waals surface area contributed by atoms with Crippen LogP contribution >= 0.6 is 0 Å². The second-order valence-corrected chi connectivity index (χ2v) is 4.71. The summed E-state index contributed by atoms with van der Waals surface area (Å²) in [6.45, 7) is 0. The van der Waals surface area contributed by atoms with E-state index in [-0.39, 0.29) is 11.8 Å². The monoisotopic (exact) mass is 239 g/mol. The Morgan fingerprint density at radius 3 is 2.94 bits per heavy atom. The zero-order valence-electron chi connectivity index (χ0n) is 9.95. The second-order valence-electron chi connectivity index (χ2n) is 4.71. The number of benzene rings is 1. The summed E-state index contributed by atoms with van der Waals surface area (Å²) in [5, 5.41) is 10.5. The van der Waals surface area contributed by atoms with Gasteiger partial charge in [0.15, 0.2) is 11.6 Å². The summed E-state index contributed by atoms with van der Waals surface area (Å²) in [5.74, 6) is -0.318. The number of hydrogen-bond donors (Lipinski definition) is 2. The van der Waals surface area contributed by atoms with Gasteiger partial charge in [0.2, 0.25) is 0 Å². The molecule has 94 valence electrons. The molecule has 1 aromatic rings. The van der Waals surface area contributed by atoms with Crippen molar-refractivity contribution >= 4 is 0 Å². The average molecular weight is 239 g/mol. The van der Waals surface area contributed by atoms with Gasteiger partial charge in [-0.3, -0.25) is 0 Å². The third kappa shape index (κ3) is 2.28. The summed E-state index contributed by atoms with van der Waals surface area (Å²) < 4.78 is 19.0. The molecule has 2 rings (SSSR count). The molecule has 3 N–H and O–H groups in total. The van der Waals surface area contributed by atoms with Crippen LogP contribution in [0.15, 0.2) is 18.2 Å². The van der Waals surface area contributed by atoms with Gasteiger partial charge in [-0.2, -0.15) is 0 Å². The van der Waals surface area contributed by atoms with E-state index in [4.69, 9.17) is 10.5 Å². The third-order valence-corrected chi connectivity index (χ3v) is 3.45. The minimum atomic E-state index is -1.16. The van der Waals surface area contributed by atoms with Crippen LogP contribution in [0.2, 0.25) is 0 Å². The van der Waals surface area contributed by atoms with Crippen LogP contribution in [0.4, 0.5) is 4.39 Å². The van der Waals surface area contributed by atoms with E-state index in [2.05, 4.69) is 0 Å². The lowest BCUT2D eigenvalue weighted by atomic mass is 9.77. The smallest absolute Gasteiger partial charge is 0.171 e. The van der Waals surface area contributed by atoms with Crippen molar-refractivity contribution < 1.29 is 14.2 Å². The summed E-state index contributed by atoms with van der Waals surface area (Å²) >= 11 is 0. The molecule has 1 aliphatic rings. The van der Waals surface area contributed by atoms with Gasteiger partial charge in [-0.1, -0.05) is 12.1 Å². The molecule has 1 saturated carbocycles. The minimum Gasteiger partial charge on any atom is -0.494 e. The summed E-state index contributed by atoms with van der Waals surface area (Å²) in [7, 11) is 1.42. The molecule has 17 heavy (non-hydrogen) atoms. The highest BCUT2D eigenvalue weighted by atomic mass is 19.1. The van der Waals surface area contributed by atoms with Crippen LogP contribution in [-0.2, 0) is 5.60 Å². The Morgan fingerprint density at radius 2 is 2.29 bits per heavy atom. The Bertz CT molecular complexity index is 410. The van der Waals surface area contributed by atoms with E-state index >= 15 is 0 Å². The Kier molecular flexibility index (Phi) is 3.35. The lowest BCUT2D eigenvalue weighted by Crippen LogP contribution is -2.39. The number of aliphatic hydroxyl groups is 1. The number of ether oxygens (including phenoxy) is 1. The van der Waals surface area contributed by atoms with Crippen LogP contribution in [0.1, 0.15) is 31.2 Å². The van der Waals surface area contributed by atoms with Crippen molar-refractivity contribution in [2.75, 3.05) is 7.11 Å². The first kappa shape index (κ1) is 12.3. The van der Waals surface area contributed by atoms with Gasteiger partial charge in [-0.05, 0) is 31.7 Å². The van der Waals surface area contributed by atoms with E-state index in [1.54, 1.807) is 18.2 Å². The van der Waals surface area contributed by atoms with Crippen molar-refractivity contribution in [3.8, 4) is 5.75 Å². The lowest BCUT2D eigenvalue weighted by Gasteiger charge is -2.36. The zero-order valence-corrected chi connectivity index (χ0v) is 9.95. The maximum absolute atomic E-state index is 14.1. The van der Waals surface area contributed by atoms with E-state index in [0.29, 0.717) is 18.4 Å². The predicted octanol–water partition coefficient (Wildman–Crippen LogP) is 1.92. The highest BCUT2D eigenvalue weighted by molar-refractivity contribution is 5.35. The summed E-state index contributed by atoms with van der Waals surface area (Å²) in [5.41, 5.74) is 5.00. The average Bonchev–Trinajstić information content (AvgIpc) is 2.28. The van der Waals surface area contributed by atoms with Gasteiger partial charge in [-0.25, -0.2) is 4.39 Å². The quantitative estimate of drug-likeness (QED) is 0.829. The van der Waals surface area contributed by atoms with Crippen LogP contribution < -0.4 is 10.5 Å². The second kappa shape index (κ2) is 4.63. The fourth-order valence-electron chi connectivity index (χ4n) is 2.57. The molecule has 1 aromatic carbocycles. The minimum absolute atomic E-state index is 0.0700. The van der Waals surface area contributed by atoms with Crippen LogP contribution in [-0.4, -0.2) is 18.3 Å². The summed E-state index contributed by atoms with van der Waals surface area (Å²) in [4.78, 5) is 0. The van der Waals surface area contributed by atoms with Crippen molar-refractivity contribution in [2.45, 2.75) is 37.3 Å². The third-order valence-electron chi connectivity index (χ3n) is 3.45. The van der Waals surface area contributed by atoms with Gasteiger partial charge in [0.25, 0.3) is 0 Å². The van der Waals surface area contributed by atoms with Gasteiger partial charge in [0, 0.05) is 11.6 Å². The molecule has 0 aliphatic heterocycles. The molecule has 1 fully saturated rings. The predicted molar refractivity (Wildman–Crippen MR) is 63.3 cm³/mol. The molecule has 0 heterocycles. The van der Waals surface area contributed by atoms with E-state index in [0.717, 1.165) is 12.8 Å². The first-order chi connectivity index (χ1) is 8.07. The first-order valence-corrected chi connectivity index (χ1v) is 5.88. The SMILES string of the molecule is COc1cccc(C2(O)CCCC(N)C2)c1F. The van der Waals surface area contributed by atoms with E-state index < -0.39 is 11.4 Å². The highest BCUT2D eigenvalue weighted by Crippen LogP contribution is 2.39. The number of halogens is 1. The van der Waals surface area contributed by atoms with Crippen molar-refractivity contribution in [3.63, 3.8) is 0 Å². The molecule has 1 aliphatic carbocycles. The van der Waals surface area contributed by atoms with Crippen LogP contribution in [0.3, 0.4) is 0 Å². The Morgan fingerprint density at radius 1 is 1.53 bits per heavy atom. The van der Waals surface area contributed by atoms with Gasteiger partial charge < -0.3 is 15.6 Å². The molecule has 0 bridgehead atoms. The van der Waals surface area contributed by atoms with E-state index in [1.807, 2.05) is 0 Å². The largest absolute Gasteiger partial charge is 0.494 e. The van der Waals surface area contributed by atoms with Gasteiger partial charge in [0.1, 0.15) is 0 Å². The number of rotatable bonds is 2. The highest BCUT2D eigenvalue weighted by Gasteiger charge is 2.37. The lowest BCUT2D eigenvalue weighted by molar-refractivity contribution is -0.0105. The topological polar surface area (TPSA) is 55.5 Å². The van der Waals surface area contributed by atoms with E-state index in [9.17, 15) is 9.50 Å². The fourth-order valence-corrected chi connectivity index (χ4v) is 2.57. The standard InChI is InChI=1S/C13H18FNO2/c1-17-11-6-2-5-10(12(11)14)13(16)7-3-4-9(15)8-13/h2,5-6,9,16H,3-4,7-8,15H2,1H3.